The number of halogens is 4. The van der Waals surface area contributed by atoms with Crippen molar-refractivity contribution in [3.63, 3.8) is 0 Å². The van der Waals surface area contributed by atoms with Crippen molar-refractivity contribution in [2.45, 2.75) is 25.6 Å². The topological polar surface area (TPSA) is 29.3 Å². The molecule has 0 saturated carbocycles. The van der Waals surface area contributed by atoms with Crippen molar-refractivity contribution in [2.75, 3.05) is 18.0 Å². The van der Waals surface area contributed by atoms with Crippen LogP contribution in [0.4, 0.5) is 23.2 Å². The van der Waals surface area contributed by atoms with Crippen LogP contribution in [0.1, 0.15) is 24.9 Å². The summed E-state index contributed by atoms with van der Waals surface area (Å²) in [5.41, 5.74) is 6.10. The number of anilines is 1. The van der Waals surface area contributed by atoms with E-state index in [9.17, 15) is 17.6 Å². The third-order valence-electron chi connectivity index (χ3n) is 3.41. The van der Waals surface area contributed by atoms with Gasteiger partial charge in [0.25, 0.3) is 0 Å². The van der Waals surface area contributed by atoms with Gasteiger partial charge in [-0.1, -0.05) is 12.1 Å². The summed E-state index contributed by atoms with van der Waals surface area (Å²) in [6, 6.07) is 4.33. The third-order valence-corrected chi connectivity index (χ3v) is 3.41. The second kappa shape index (κ2) is 5.44. The highest BCUT2D eigenvalue weighted by molar-refractivity contribution is 5.51. The summed E-state index contributed by atoms with van der Waals surface area (Å²) in [5, 5.41) is 0. The molecule has 0 radical (unpaired) electrons. The van der Waals surface area contributed by atoms with E-state index in [1.165, 1.54) is 6.07 Å². The van der Waals surface area contributed by atoms with Gasteiger partial charge < -0.3 is 10.6 Å². The molecule has 1 aromatic carbocycles. The lowest BCUT2D eigenvalue weighted by molar-refractivity contribution is -0.0943. The summed E-state index contributed by atoms with van der Waals surface area (Å²) >= 11 is 0. The molecule has 1 unspecified atom stereocenters. The average Bonchev–Trinajstić information content (AvgIpc) is 2.37. The lowest BCUT2D eigenvalue weighted by Gasteiger charge is -2.29. The lowest BCUT2D eigenvalue weighted by Crippen LogP contribution is -2.32. The van der Waals surface area contributed by atoms with Crippen LogP contribution >= 0.6 is 0 Å². The molecular weight excluding hydrogens is 272 g/mol. The van der Waals surface area contributed by atoms with E-state index in [1.807, 2.05) is 0 Å². The molecule has 1 aliphatic rings. The molecule has 110 valence electrons. The normalized spacial score (nSPS) is 17.9. The zero-order chi connectivity index (χ0) is 14.9. The van der Waals surface area contributed by atoms with Crippen LogP contribution in [0.15, 0.2) is 29.8 Å². The van der Waals surface area contributed by atoms with Gasteiger partial charge in [-0.3, -0.25) is 0 Å². The van der Waals surface area contributed by atoms with Gasteiger partial charge in [0.1, 0.15) is 5.82 Å². The van der Waals surface area contributed by atoms with E-state index in [1.54, 1.807) is 24.0 Å². The standard InChI is InChI=1S/C14H16F4N2/c1-9(19)10-2-3-13(12(15)8-10)20-6-4-11(5-7-20)14(16,17)18/h2-4,8-9H,5-7,19H2,1H3. The average molecular weight is 288 g/mol. The summed E-state index contributed by atoms with van der Waals surface area (Å²) in [5.74, 6) is -0.455. The molecule has 1 aliphatic heterocycles. The smallest absolute Gasteiger partial charge is 0.365 e. The van der Waals surface area contributed by atoms with E-state index in [4.69, 9.17) is 5.73 Å². The van der Waals surface area contributed by atoms with Gasteiger partial charge in [0, 0.05) is 24.7 Å². The zero-order valence-corrected chi connectivity index (χ0v) is 11.0. The van der Waals surface area contributed by atoms with Crippen LogP contribution in [0.2, 0.25) is 0 Å². The quantitative estimate of drug-likeness (QED) is 0.666. The highest BCUT2D eigenvalue weighted by atomic mass is 19.4. The predicted molar refractivity (Wildman–Crippen MR) is 70.0 cm³/mol. The first-order valence-electron chi connectivity index (χ1n) is 6.35. The Morgan fingerprint density at radius 2 is 2.00 bits per heavy atom. The van der Waals surface area contributed by atoms with Gasteiger partial charge in [-0.25, -0.2) is 4.39 Å². The van der Waals surface area contributed by atoms with Crippen molar-refractivity contribution >= 4 is 5.69 Å². The van der Waals surface area contributed by atoms with E-state index in [2.05, 4.69) is 0 Å². The molecule has 0 aromatic heterocycles. The second-order valence-electron chi connectivity index (χ2n) is 4.92. The van der Waals surface area contributed by atoms with E-state index < -0.39 is 17.6 Å². The summed E-state index contributed by atoms with van der Waals surface area (Å²) in [6.45, 7) is 1.96. The van der Waals surface area contributed by atoms with Gasteiger partial charge >= 0.3 is 6.18 Å². The van der Waals surface area contributed by atoms with Gasteiger partial charge in [-0.2, -0.15) is 13.2 Å². The van der Waals surface area contributed by atoms with E-state index in [0.29, 0.717) is 11.3 Å². The Bertz CT molecular complexity index is 520. The van der Waals surface area contributed by atoms with Gasteiger partial charge in [-0.15, -0.1) is 0 Å². The van der Waals surface area contributed by atoms with Crippen molar-refractivity contribution in [2.24, 2.45) is 5.73 Å². The number of nitrogens with zero attached hydrogens (tertiary/aromatic N) is 1. The molecule has 1 atom stereocenters. The Kier molecular flexibility index (Phi) is 4.04. The van der Waals surface area contributed by atoms with Crippen LogP contribution in [-0.4, -0.2) is 19.3 Å². The SMILES string of the molecule is CC(N)c1ccc(N2CC=C(C(F)(F)F)CC2)c(F)c1. The minimum atomic E-state index is -4.29. The largest absolute Gasteiger partial charge is 0.412 e. The molecule has 1 heterocycles. The molecular formula is C14H16F4N2. The Morgan fingerprint density at radius 1 is 1.30 bits per heavy atom. The molecule has 0 amide bonds. The zero-order valence-electron chi connectivity index (χ0n) is 11.0. The van der Waals surface area contributed by atoms with Crippen LogP contribution in [-0.2, 0) is 0 Å². The monoisotopic (exact) mass is 288 g/mol. The molecule has 0 spiro atoms. The molecule has 0 bridgehead atoms. The molecule has 20 heavy (non-hydrogen) atoms. The van der Waals surface area contributed by atoms with Crippen molar-refractivity contribution in [3.8, 4) is 0 Å². The van der Waals surface area contributed by atoms with Crippen molar-refractivity contribution in [3.05, 3.63) is 41.2 Å². The van der Waals surface area contributed by atoms with Crippen LogP contribution in [0.3, 0.4) is 0 Å². The van der Waals surface area contributed by atoms with Gasteiger partial charge in [-0.05, 0) is 31.0 Å². The molecule has 0 saturated heterocycles. The first-order chi connectivity index (χ1) is 9.29. The fourth-order valence-electron chi connectivity index (χ4n) is 2.21. The number of benzene rings is 1. The van der Waals surface area contributed by atoms with Crippen LogP contribution in [0, 0.1) is 5.82 Å². The molecule has 0 aliphatic carbocycles. The molecule has 2 nitrogen and oxygen atoms in total. The fraction of sp³-hybridized carbons (Fsp3) is 0.429. The Hall–Kier alpha value is -1.56. The fourth-order valence-corrected chi connectivity index (χ4v) is 2.21. The minimum absolute atomic E-state index is 0.0588. The van der Waals surface area contributed by atoms with Gasteiger partial charge in [0.15, 0.2) is 0 Å². The first kappa shape index (κ1) is 14.8. The maximum Gasteiger partial charge on any atom is 0.412 e. The van der Waals surface area contributed by atoms with E-state index in [-0.39, 0.29) is 25.6 Å². The van der Waals surface area contributed by atoms with Crippen molar-refractivity contribution in [1.82, 2.24) is 0 Å². The van der Waals surface area contributed by atoms with Crippen molar-refractivity contribution in [1.29, 1.82) is 0 Å². The summed E-state index contributed by atoms with van der Waals surface area (Å²) in [6.07, 6.45) is -3.30. The van der Waals surface area contributed by atoms with Gasteiger partial charge in [0.2, 0.25) is 0 Å². The van der Waals surface area contributed by atoms with E-state index >= 15 is 0 Å². The van der Waals surface area contributed by atoms with Gasteiger partial charge in [0.05, 0.1) is 5.69 Å². The molecule has 2 rings (SSSR count). The second-order valence-corrected chi connectivity index (χ2v) is 4.92. The van der Waals surface area contributed by atoms with Crippen molar-refractivity contribution < 1.29 is 17.6 Å². The lowest BCUT2D eigenvalue weighted by atomic mass is 10.1. The maximum absolute atomic E-state index is 14.0. The number of alkyl halides is 3. The summed E-state index contributed by atoms with van der Waals surface area (Å²) in [4.78, 5) is 1.59. The Balaban J connectivity index is 2.17. The molecule has 6 heteroatoms. The summed E-state index contributed by atoms with van der Waals surface area (Å²) in [7, 11) is 0. The number of hydrogen-bond donors (Lipinski definition) is 1. The Morgan fingerprint density at radius 3 is 2.45 bits per heavy atom. The Labute approximate surface area is 114 Å². The number of nitrogens with two attached hydrogens (primary N) is 1. The summed E-state index contributed by atoms with van der Waals surface area (Å²) < 4.78 is 51.5. The predicted octanol–water partition coefficient (Wildman–Crippen LogP) is 3.54. The van der Waals surface area contributed by atoms with Crippen LogP contribution in [0.5, 0.6) is 0 Å². The van der Waals surface area contributed by atoms with Crippen LogP contribution < -0.4 is 10.6 Å². The molecule has 2 N–H and O–H groups in total. The number of rotatable bonds is 2. The van der Waals surface area contributed by atoms with E-state index in [0.717, 1.165) is 6.08 Å². The third kappa shape index (κ3) is 3.12. The highest BCUT2D eigenvalue weighted by Crippen LogP contribution is 2.32. The minimum Gasteiger partial charge on any atom is -0.365 e. The molecule has 0 fully saturated rings. The number of hydrogen-bond acceptors (Lipinski definition) is 2. The molecule has 1 aromatic rings. The first-order valence-corrected chi connectivity index (χ1v) is 6.35. The highest BCUT2D eigenvalue weighted by Gasteiger charge is 2.35. The maximum atomic E-state index is 14.0. The van der Waals surface area contributed by atoms with Crippen LogP contribution in [0.25, 0.3) is 0 Å².